The summed E-state index contributed by atoms with van der Waals surface area (Å²) in [5.41, 5.74) is 2.36. The molecule has 1 aromatic carbocycles. The summed E-state index contributed by atoms with van der Waals surface area (Å²) in [4.78, 5) is 12.0. The molecule has 0 aliphatic rings. The van der Waals surface area contributed by atoms with Gasteiger partial charge in [0.15, 0.2) is 0 Å². The van der Waals surface area contributed by atoms with Gasteiger partial charge in [-0.1, -0.05) is 25.1 Å². The summed E-state index contributed by atoms with van der Waals surface area (Å²) < 4.78 is 1.81. The maximum atomic E-state index is 12.0. The Balaban J connectivity index is 2.33. The molecule has 0 fully saturated rings. The van der Waals surface area contributed by atoms with Crippen LogP contribution in [0.2, 0.25) is 0 Å². The van der Waals surface area contributed by atoms with Crippen molar-refractivity contribution in [2.45, 2.75) is 39.8 Å². The number of hydrogen-bond donors (Lipinski definition) is 1. The van der Waals surface area contributed by atoms with Gasteiger partial charge in [0.1, 0.15) is 5.69 Å². The fourth-order valence-corrected chi connectivity index (χ4v) is 1.95. The van der Waals surface area contributed by atoms with Gasteiger partial charge in [0.25, 0.3) is 0 Å². The first kappa shape index (κ1) is 14.5. The van der Waals surface area contributed by atoms with E-state index in [2.05, 4.69) is 24.3 Å². The third-order valence-corrected chi connectivity index (χ3v) is 3.41. The minimum Gasteiger partial charge on any atom is -0.308 e. The Morgan fingerprint density at radius 3 is 2.65 bits per heavy atom. The van der Waals surface area contributed by atoms with Gasteiger partial charge in [0.2, 0.25) is 5.43 Å². The van der Waals surface area contributed by atoms with Crippen molar-refractivity contribution in [1.82, 2.24) is 15.1 Å². The molecule has 0 saturated carbocycles. The summed E-state index contributed by atoms with van der Waals surface area (Å²) in [5.74, 6) is 0. The van der Waals surface area contributed by atoms with Crippen molar-refractivity contribution < 1.29 is 0 Å². The first-order chi connectivity index (χ1) is 9.61. The Kier molecular flexibility index (Phi) is 4.69. The monoisotopic (exact) mass is 271 g/mol. The molecule has 0 aliphatic carbocycles. The van der Waals surface area contributed by atoms with E-state index in [0.717, 1.165) is 17.8 Å². The largest absolute Gasteiger partial charge is 0.308 e. The Bertz CT molecular complexity index is 619. The third kappa shape index (κ3) is 3.33. The molecule has 106 valence electrons. The number of aromatic nitrogens is 2. The van der Waals surface area contributed by atoms with Gasteiger partial charge < -0.3 is 5.32 Å². The molecular formula is C16H21N3O. The molecule has 0 spiro atoms. The average Bonchev–Trinajstić information content (AvgIpc) is 2.47. The average molecular weight is 271 g/mol. The SMILES string of the molecule is CCC(C)NCc1nn(-c2ccccc2)c(C)cc1=O. The Hall–Kier alpha value is -1.94. The van der Waals surface area contributed by atoms with Crippen LogP contribution in [0.15, 0.2) is 41.2 Å². The van der Waals surface area contributed by atoms with Crippen LogP contribution in [-0.4, -0.2) is 15.8 Å². The Labute approximate surface area is 119 Å². The lowest BCUT2D eigenvalue weighted by Crippen LogP contribution is -2.29. The van der Waals surface area contributed by atoms with Crippen molar-refractivity contribution in [1.29, 1.82) is 0 Å². The molecule has 1 atom stereocenters. The molecular weight excluding hydrogens is 250 g/mol. The van der Waals surface area contributed by atoms with Crippen molar-refractivity contribution in [2.24, 2.45) is 0 Å². The highest BCUT2D eigenvalue weighted by Gasteiger charge is 2.08. The van der Waals surface area contributed by atoms with Crippen molar-refractivity contribution in [2.75, 3.05) is 0 Å². The first-order valence-corrected chi connectivity index (χ1v) is 7.00. The molecule has 1 N–H and O–H groups in total. The quantitative estimate of drug-likeness (QED) is 0.908. The van der Waals surface area contributed by atoms with Gasteiger partial charge in [0.05, 0.1) is 5.69 Å². The van der Waals surface area contributed by atoms with E-state index in [0.29, 0.717) is 18.3 Å². The van der Waals surface area contributed by atoms with E-state index in [1.807, 2.05) is 41.9 Å². The first-order valence-electron chi connectivity index (χ1n) is 7.00. The van der Waals surface area contributed by atoms with Crippen LogP contribution in [0.3, 0.4) is 0 Å². The van der Waals surface area contributed by atoms with Gasteiger partial charge >= 0.3 is 0 Å². The van der Waals surface area contributed by atoms with E-state index in [1.165, 1.54) is 0 Å². The van der Waals surface area contributed by atoms with E-state index in [1.54, 1.807) is 6.07 Å². The van der Waals surface area contributed by atoms with E-state index >= 15 is 0 Å². The number of benzene rings is 1. The number of nitrogens with one attached hydrogen (secondary N) is 1. The lowest BCUT2D eigenvalue weighted by Gasteiger charge is -2.13. The van der Waals surface area contributed by atoms with Crippen molar-refractivity contribution in [3.05, 3.63) is 58.0 Å². The summed E-state index contributed by atoms with van der Waals surface area (Å²) in [7, 11) is 0. The number of hydrogen-bond acceptors (Lipinski definition) is 3. The molecule has 4 nitrogen and oxygen atoms in total. The predicted octanol–water partition coefficient (Wildman–Crippen LogP) is 2.43. The molecule has 0 amide bonds. The zero-order valence-corrected chi connectivity index (χ0v) is 12.3. The summed E-state index contributed by atoms with van der Waals surface area (Å²) in [6.45, 7) is 6.61. The maximum Gasteiger partial charge on any atom is 0.204 e. The van der Waals surface area contributed by atoms with Crippen LogP contribution in [0, 0.1) is 6.92 Å². The molecule has 0 saturated heterocycles. The molecule has 0 bridgehead atoms. The molecule has 20 heavy (non-hydrogen) atoms. The standard InChI is InChI=1S/C16H21N3O/c1-4-12(2)17-11-15-16(20)10-13(3)19(18-15)14-8-6-5-7-9-14/h5-10,12,17H,4,11H2,1-3H3. The number of nitrogens with zero attached hydrogens (tertiary/aromatic N) is 2. The molecule has 0 aliphatic heterocycles. The van der Waals surface area contributed by atoms with Gasteiger partial charge in [-0.2, -0.15) is 5.10 Å². The van der Waals surface area contributed by atoms with E-state index < -0.39 is 0 Å². The van der Waals surface area contributed by atoms with Gasteiger partial charge in [-0.15, -0.1) is 0 Å². The van der Waals surface area contributed by atoms with Crippen LogP contribution in [0.5, 0.6) is 0 Å². The van der Waals surface area contributed by atoms with Crippen molar-refractivity contribution in [3.8, 4) is 5.69 Å². The molecule has 2 rings (SSSR count). The van der Waals surface area contributed by atoms with E-state index in [4.69, 9.17) is 0 Å². The lowest BCUT2D eigenvalue weighted by atomic mass is 10.2. The summed E-state index contributed by atoms with van der Waals surface area (Å²) in [6, 6.07) is 11.9. The maximum absolute atomic E-state index is 12.0. The molecule has 1 aromatic heterocycles. The highest BCUT2D eigenvalue weighted by atomic mass is 16.1. The molecule has 0 radical (unpaired) electrons. The normalized spacial score (nSPS) is 12.3. The smallest absolute Gasteiger partial charge is 0.204 e. The molecule has 1 unspecified atom stereocenters. The van der Waals surface area contributed by atoms with Gasteiger partial charge in [-0.25, -0.2) is 4.68 Å². The third-order valence-electron chi connectivity index (χ3n) is 3.41. The fraction of sp³-hybridized carbons (Fsp3) is 0.375. The number of rotatable bonds is 5. The molecule has 1 heterocycles. The second-order valence-corrected chi connectivity index (χ2v) is 5.03. The minimum atomic E-state index is -0.00881. The van der Waals surface area contributed by atoms with E-state index in [9.17, 15) is 4.79 Å². The predicted molar refractivity (Wildman–Crippen MR) is 81.2 cm³/mol. The number of para-hydroxylation sites is 1. The summed E-state index contributed by atoms with van der Waals surface area (Å²) in [5, 5.41) is 7.80. The van der Waals surface area contributed by atoms with Crippen molar-refractivity contribution >= 4 is 0 Å². The van der Waals surface area contributed by atoms with E-state index in [-0.39, 0.29) is 5.43 Å². The van der Waals surface area contributed by atoms with Crippen LogP contribution in [-0.2, 0) is 6.54 Å². The highest BCUT2D eigenvalue weighted by Crippen LogP contribution is 2.07. The van der Waals surface area contributed by atoms with Gasteiger partial charge in [-0.3, -0.25) is 4.79 Å². The summed E-state index contributed by atoms with van der Waals surface area (Å²) >= 11 is 0. The minimum absolute atomic E-state index is 0.00881. The lowest BCUT2D eigenvalue weighted by molar-refractivity contribution is 0.521. The molecule has 4 heteroatoms. The van der Waals surface area contributed by atoms with Crippen LogP contribution < -0.4 is 10.7 Å². The second-order valence-electron chi connectivity index (χ2n) is 5.03. The highest BCUT2D eigenvalue weighted by molar-refractivity contribution is 5.32. The Morgan fingerprint density at radius 1 is 1.30 bits per heavy atom. The van der Waals surface area contributed by atoms with Crippen LogP contribution in [0.25, 0.3) is 5.69 Å². The van der Waals surface area contributed by atoms with Gasteiger partial charge in [0, 0.05) is 24.3 Å². The van der Waals surface area contributed by atoms with Crippen LogP contribution >= 0.6 is 0 Å². The second kappa shape index (κ2) is 6.48. The summed E-state index contributed by atoms with van der Waals surface area (Å²) in [6.07, 6.45) is 1.03. The molecule has 2 aromatic rings. The number of aryl methyl sites for hydroxylation is 1. The van der Waals surface area contributed by atoms with Gasteiger partial charge in [-0.05, 0) is 32.4 Å². The Morgan fingerprint density at radius 2 is 2.00 bits per heavy atom. The fourth-order valence-electron chi connectivity index (χ4n) is 1.95. The topological polar surface area (TPSA) is 46.9 Å². The zero-order chi connectivity index (χ0) is 14.5. The van der Waals surface area contributed by atoms with Crippen molar-refractivity contribution in [3.63, 3.8) is 0 Å². The zero-order valence-electron chi connectivity index (χ0n) is 12.3. The van der Waals surface area contributed by atoms with Crippen LogP contribution in [0.1, 0.15) is 31.7 Å². The van der Waals surface area contributed by atoms with Crippen LogP contribution in [0.4, 0.5) is 0 Å².